The number of hydrogen-bond donors (Lipinski definition) is 2. The van der Waals surface area contributed by atoms with Crippen LogP contribution < -0.4 is 4.74 Å². The van der Waals surface area contributed by atoms with Crippen LogP contribution in [0.2, 0.25) is 0 Å². The molecule has 3 aromatic carbocycles. The largest absolute Gasteiger partial charge is 0.506 e. The van der Waals surface area contributed by atoms with Crippen LogP contribution in [0.25, 0.3) is 10.8 Å². The van der Waals surface area contributed by atoms with Gasteiger partial charge in [-0.1, -0.05) is 24.3 Å². The number of ether oxygens (including phenoxy) is 1. The number of fused-ring (bicyclic) bond motifs is 1. The minimum Gasteiger partial charge on any atom is -0.506 e. The van der Waals surface area contributed by atoms with Crippen molar-refractivity contribution in [2.45, 2.75) is 4.90 Å². The summed E-state index contributed by atoms with van der Waals surface area (Å²) in [6.07, 6.45) is 0. The molecule has 2 N–H and O–H groups in total. The van der Waals surface area contributed by atoms with Crippen molar-refractivity contribution < 1.29 is 22.8 Å². The molecule has 3 rings (SSSR count). The summed E-state index contributed by atoms with van der Waals surface area (Å²) in [6.45, 7) is 0. The third-order valence-electron chi connectivity index (χ3n) is 3.58. The first-order valence-electron chi connectivity index (χ1n) is 7.18. The number of phenols is 1. The molecular formula is C17H14N2NaO5S. The number of rotatable bonds is 4. The Balaban J connectivity index is 0.00000243. The standard InChI is InChI=1S/C17H14N2O5S.Na/c1-24-16-5-3-2-4-14(16)18-19-17-13-8-7-12(25(21,22)23)10-11(13)6-9-15(17)20;/h2-10,20H,1H3,(H,21,22,23);. The van der Waals surface area contributed by atoms with Crippen molar-refractivity contribution in [2.75, 3.05) is 7.11 Å². The quantitative estimate of drug-likeness (QED) is 0.405. The zero-order chi connectivity index (χ0) is 18.0. The van der Waals surface area contributed by atoms with Crippen molar-refractivity contribution in [2.24, 2.45) is 10.2 Å². The van der Waals surface area contributed by atoms with Gasteiger partial charge in [0.1, 0.15) is 22.9 Å². The van der Waals surface area contributed by atoms with E-state index in [4.69, 9.17) is 9.29 Å². The van der Waals surface area contributed by atoms with Crippen molar-refractivity contribution in [1.29, 1.82) is 0 Å². The molecule has 7 nitrogen and oxygen atoms in total. The van der Waals surface area contributed by atoms with Crippen LogP contribution in [0.5, 0.6) is 11.5 Å². The van der Waals surface area contributed by atoms with Gasteiger partial charge in [0.2, 0.25) is 0 Å². The molecule has 26 heavy (non-hydrogen) atoms. The SMILES string of the molecule is COc1ccccc1N=Nc1c(O)ccc2cc(S(=O)(=O)O)ccc12.[Na]. The number of hydrogen-bond acceptors (Lipinski definition) is 6. The zero-order valence-corrected chi connectivity index (χ0v) is 16.9. The van der Waals surface area contributed by atoms with E-state index in [-0.39, 0.29) is 45.9 Å². The first-order valence-corrected chi connectivity index (χ1v) is 8.62. The molecule has 0 heterocycles. The van der Waals surface area contributed by atoms with E-state index in [1.54, 1.807) is 24.3 Å². The van der Waals surface area contributed by atoms with Gasteiger partial charge in [-0.3, -0.25) is 4.55 Å². The molecule has 0 spiro atoms. The second kappa shape index (κ2) is 8.15. The minimum atomic E-state index is -4.31. The van der Waals surface area contributed by atoms with Gasteiger partial charge in [0.25, 0.3) is 10.1 Å². The molecular weight excluding hydrogens is 367 g/mol. The van der Waals surface area contributed by atoms with Crippen molar-refractivity contribution in [3.05, 3.63) is 54.6 Å². The number of azo groups is 1. The molecule has 0 aliphatic heterocycles. The fourth-order valence-corrected chi connectivity index (χ4v) is 2.88. The molecule has 0 aromatic heterocycles. The van der Waals surface area contributed by atoms with Crippen LogP contribution in [-0.2, 0) is 10.1 Å². The maximum atomic E-state index is 11.3. The van der Waals surface area contributed by atoms with Gasteiger partial charge >= 0.3 is 0 Å². The molecule has 129 valence electrons. The van der Waals surface area contributed by atoms with Crippen molar-refractivity contribution >= 4 is 61.8 Å². The Hall–Kier alpha value is -1.97. The Morgan fingerprint density at radius 3 is 2.42 bits per heavy atom. The molecule has 9 heteroatoms. The van der Waals surface area contributed by atoms with E-state index >= 15 is 0 Å². The van der Waals surface area contributed by atoms with E-state index in [1.807, 2.05) is 0 Å². The number of methoxy groups -OCH3 is 1. The Morgan fingerprint density at radius 2 is 1.73 bits per heavy atom. The molecule has 3 aromatic rings. The van der Waals surface area contributed by atoms with Crippen LogP contribution in [0.4, 0.5) is 11.4 Å². The number of para-hydroxylation sites is 1. The molecule has 0 aliphatic rings. The molecule has 0 amide bonds. The van der Waals surface area contributed by atoms with Crippen LogP contribution in [0.15, 0.2) is 69.7 Å². The number of benzene rings is 3. The van der Waals surface area contributed by atoms with Crippen LogP contribution in [0.1, 0.15) is 0 Å². The minimum absolute atomic E-state index is 0. The molecule has 0 unspecified atom stereocenters. The third-order valence-corrected chi connectivity index (χ3v) is 4.43. The molecule has 0 aliphatic carbocycles. The van der Waals surface area contributed by atoms with Crippen molar-refractivity contribution in [3.8, 4) is 11.5 Å². The summed E-state index contributed by atoms with van der Waals surface area (Å²) in [5.74, 6) is 0.422. The summed E-state index contributed by atoms with van der Waals surface area (Å²) in [6, 6.07) is 13.9. The first-order chi connectivity index (χ1) is 11.9. The van der Waals surface area contributed by atoms with Gasteiger partial charge in [0.05, 0.1) is 12.0 Å². The van der Waals surface area contributed by atoms with Crippen molar-refractivity contribution in [1.82, 2.24) is 0 Å². The second-order valence-electron chi connectivity index (χ2n) is 5.16. The van der Waals surface area contributed by atoms with Gasteiger partial charge in [0.15, 0.2) is 0 Å². The number of nitrogens with zero attached hydrogens (tertiary/aromatic N) is 2. The van der Waals surface area contributed by atoms with E-state index in [9.17, 15) is 13.5 Å². The predicted molar refractivity (Wildman–Crippen MR) is 98.4 cm³/mol. The molecule has 0 saturated heterocycles. The van der Waals surface area contributed by atoms with E-state index in [0.717, 1.165) is 0 Å². The third kappa shape index (κ3) is 4.22. The fourth-order valence-electron chi connectivity index (χ4n) is 2.36. The Morgan fingerprint density at radius 1 is 1.00 bits per heavy atom. The summed E-state index contributed by atoms with van der Waals surface area (Å²) in [7, 11) is -2.80. The summed E-state index contributed by atoms with van der Waals surface area (Å²) < 4.78 is 36.9. The number of aromatic hydroxyl groups is 1. The van der Waals surface area contributed by atoms with Gasteiger partial charge < -0.3 is 9.84 Å². The Kier molecular flexibility index (Phi) is 6.38. The van der Waals surface area contributed by atoms with E-state index < -0.39 is 10.1 Å². The second-order valence-corrected chi connectivity index (χ2v) is 6.58. The molecule has 1 radical (unpaired) electrons. The molecule has 0 bridgehead atoms. The van der Waals surface area contributed by atoms with Gasteiger partial charge in [-0.25, -0.2) is 0 Å². The maximum Gasteiger partial charge on any atom is 0.294 e. The average Bonchev–Trinajstić information content (AvgIpc) is 2.60. The van der Waals surface area contributed by atoms with Gasteiger partial charge in [-0.05, 0) is 35.7 Å². The van der Waals surface area contributed by atoms with E-state index in [0.29, 0.717) is 22.2 Å². The summed E-state index contributed by atoms with van der Waals surface area (Å²) in [5, 5.41) is 19.3. The normalized spacial score (nSPS) is 11.5. The fraction of sp³-hybridized carbons (Fsp3) is 0.0588. The molecule has 0 atom stereocenters. The van der Waals surface area contributed by atoms with Crippen molar-refractivity contribution in [3.63, 3.8) is 0 Å². The van der Waals surface area contributed by atoms with Gasteiger partial charge in [-0.2, -0.15) is 8.42 Å². The van der Waals surface area contributed by atoms with Crippen LogP contribution in [0.3, 0.4) is 0 Å². The van der Waals surface area contributed by atoms with Crippen LogP contribution in [-0.4, -0.2) is 54.7 Å². The maximum absolute atomic E-state index is 11.3. The Labute approximate surface area is 172 Å². The van der Waals surface area contributed by atoms with Gasteiger partial charge in [0, 0.05) is 34.9 Å². The zero-order valence-electron chi connectivity index (χ0n) is 14.1. The molecule has 0 fully saturated rings. The van der Waals surface area contributed by atoms with E-state index in [2.05, 4.69) is 10.2 Å². The average molecular weight is 381 g/mol. The summed E-state index contributed by atoms with van der Waals surface area (Å²) >= 11 is 0. The first kappa shape index (κ1) is 20.3. The van der Waals surface area contributed by atoms with Gasteiger partial charge in [-0.15, -0.1) is 10.2 Å². The monoisotopic (exact) mass is 381 g/mol. The topological polar surface area (TPSA) is 109 Å². The van der Waals surface area contributed by atoms with Crippen LogP contribution >= 0.6 is 0 Å². The summed E-state index contributed by atoms with van der Waals surface area (Å²) in [5.41, 5.74) is 0.668. The van der Waals surface area contributed by atoms with Crippen LogP contribution in [0, 0.1) is 0 Å². The number of phenolic OH excluding ortho intramolecular Hbond substituents is 1. The smallest absolute Gasteiger partial charge is 0.294 e. The molecule has 0 saturated carbocycles. The van der Waals surface area contributed by atoms with E-state index in [1.165, 1.54) is 37.4 Å². The predicted octanol–water partition coefficient (Wildman–Crippen LogP) is 3.84. The Bertz CT molecular complexity index is 1080. The summed E-state index contributed by atoms with van der Waals surface area (Å²) in [4.78, 5) is -0.238.